The number of carbonyl (C=O) groups excluding carboxylic acids is 2. The molecule has 26 heavy (non-hydrogen) atoms. The fourth-order valence-electron chi connectivity index (χ4n) is 2.88. The van der Waals surface area contributed by atoms with Crippen LogP contribution in [0.15, 0.2) is 59.7 Å². The van der Waals surface area contributed by atoms with Crippen molar-refractivity contribution in [1.82, 2.24) is 0 Å². The average molecular weight is 354 g/mol. The van der Waals surface area contributed by atoms with Crippen molar-refractivity contribution in [3.63, 3.8) is 0 Å². The molecule has 1 aromatic carbocycles. The summed E-state index contributed by atoms with van der Waals surface area (Å²) in [5.41, 5.74) is 1.79. The summed E-state index contributed by atoms with van der Waals surface area (Å²) in [5, 5.41) is 0. The van der Waals surface area contributed by atoms with E-state index in [-0.39, 0.29) is 26.1 Å². The maximum Gasteiger partial charge on any atom is 0.324 e. The first-order valence-electron chi connectivity index (χ1n) is 8.98. The molecular weight excluding hydrogens is 328 g/mol. The van der Waals surface area contributed by atoms with Crippen LogP contribution < -0.4 is 0 Å². The molecule has 0 unspecified atom stereocenters. The molecule has 1 aliphatic rings. The van der Waals surface area contributed by atoms with E-state index in [4.69, 9.17) is 9.47 Å². The van der Waals surface area contributed by atoms with E-state index in [1.54, 1.807) is 13.8 Å². The topological polar surface area (TPSA) is 52.6 Å². The van der Waals surface area contributed by atoms with Crippen LogP contribution in [0.2, 0.25) is 0 Å². The maximum absolute atomic E-state index is 12.6. The summed E-state index contributed by atoms with van der Waals surface area (Å²) in [6.07, 6.45) is 8.40. The van der Waals surface area contributed by atoms with Gasteiger partial charge >= 0.3 is 11.9 Å². The lowest BCUT2D eigenvalue weighted by Gasteiger charge is -2.26. The summed E-state index contributed by atoms with van der Waals surface area (Å²) < 4.78 is 10.4. The molecule has 0 amide bonds. The van der Waals surface area contributed by atoms with Crippen LogP contribution in [0.1, 0.15) is 39.2 Å². The zero-order valence-electron chi connectivity index (χ0n) is 15.7. The predicted octanol–water partition coefficient (Wildman–Crippen LogP) is 4.48. The smallest absolute Gasteiger partial charge is 0.324 e. The Morgan fingerprint density at radius 2 is 1.54 bits per heavy atom. The molecule has 0 bridgehead atoms. The molecule has 0 saturated heterocycles. The van der Waals surface area contributed by atoms with E-state index in [1.807, 2.05) is 61.6 Å². The van der Waals surface area contributed by atoms with Crippen LogP contribution in [-0.2, 0) is 19.1 Å². The highest BCUT2D eigenvalue weighted by Gasteiger charge is 2.47. The third-order valence-electron chi connectivity index (χ3n) is 4.47. The Hall–Kier alpha value is -2.62. The van der Waals surface area contributed by atoms with Gasteiger partial charge in [-0.25, -0.2) is 0 Å². The van der Waals surface area contributed by atoms with Crippen molar-refractivity contribution in [3.05, 3.63) is 65.3 Å². The fraction of sp³-hybridized carbons (Fsp3) is 0.364. The van der Waals surface area contributed by atoms with Crippen molar-refractivity contribution in [2.24, 2.45) is 5.41 Å². The Kier molecular flexibility index (Phi) is 6.96. The first kappa shape index (κ1) is 19.7. The number of hydrogen-bond donors (Lipinski definition) is 0. The molecule has 0 spiro atoms. The van der Waals surface area contributed by atoms with Crippen molar-refractivity contribution in [3.8, 4) is 0 Å². The zero-order valence-corrected chi connectivity index (χ0v) is 15.7. The third kappa shape index (κ3) is 4.51. The molecule has 0 saturated carbocycles. The van der Waals surface area contributed by atoms with Crippen molar-refractivity contribution < 1.29 is 19.1 Å². The zero-order chi connectivity index (χ0) is 19.0. The molecular formula is C22H26O4. The lowest BCUT2D eigenvalue weighted by atomic mass is 9.81. The Bertz CT molecular complexity index is 708. The number of ether oxygens (including phenoxy) is 2. The van der Waals surface area contributed by atoms with Gasteiger partial charge in [-0.3, -0.25) is 9.59 Å². The van der Waals surface area contributed by atoms with E-state index in [2.05, 4.69) is 0 Å². The molecule has 0 fully saturated rings. The quantitative estimate of drug-likeness (QED) is 0.558. The molecule has 4 nitrogen and oxygen atoms in total. The van der Waals surface area contributed by atoms with Crippen LogP contribution in [0, 0.1) is 5.41 Å². The monoisotopic (exact) mass is 354 g/mol. The molecule has 1 aliphatic carbocycles. The second-order valence-electron chi connectivity index (χ2n) is 6.22. The largest absolute Gasteiger partial charge is 0.465 e. The SMILES string of the molecule is CCOC(=O)C1(C(=O)OCC)CC=C(C)C(/C=C/c2ccccc2)=CC1. The van der Waals surface area contributed by atoms with Crippen LogP contribution in [0.4, 0.5) is 0 Å². The lowest BCUT2D eigenvalue weighted by molar-refractivity contribution is -0.171. The van der Waals surface area contributed by atoms with Gasteiger partial charge in [0.2, 0.25) is 0 Å². The molecule has 0 aliphatic heterocycles. The third-order valence-corrected chi connectivity index (χ3v) is 4.47. The van der Waals surface area contributed by atoms with E-state index in [0.29, 0.717) is 0 Å². The van der Waals surface area contributed by atoms with Gasteiger partial charge in [0, 0.05) is 0 Å². The highest BCUT2D eigenvalue weighted by molar-refractivity contribution is 6.00. The van der Waals surface area contributed by atoms with E-state index >= 15 is 0 Å². The van der Waals surface area contributed by atoms with Gasteiger partial charge < -0.3 is 9.47 Å². The van der Waals surface area contributed by atoms with Gasteiger partial charge in [-0.2, -0.15) is 0 Å². The summed E-state index contributed by atoms with van der Waals surface area (Å²) in [6.45, 7) is 5.91. The lowest BCUT2D eigenvalue weighted by Crippen LogP contribution is -2.41. The Morgan fingerprint density at radius 3 is 2.12 bits per heavy atom. The summed E-state index contributed by atoms with van der Waals surface area (Å²) in [6, 6.07) is 9.98. The highest BCUT2D eigenvalue weighted by atomic mass is 16.6. The van der Waals surface area contributed by atoms with Crippen LogP contribution in [-0.4, -0.2) is 25.2 Å². The molecule has 0 radical (unpaired) electrons. The van der Waals surface area contributed by atoms with Crippen molar-refractivity contribution in [2.75, 3.05) is 13.2 Å². The molecule has 4 heteroatoms. The minimum absolute atomic E-state index is 0.229. The first-order valence-corrected chi connectivity index (χ1v) is 8.98. The molecule has 1 aromatic rings. The number of allylic oxidation sites excluding steroid dienone is 5. The fourth-order valence-corrected chi connectivity index (χ4v) is 2.88. The molecule has 0 N–H and O–H groups in total. The van der Waals surface area contributed by atoms with Gasteiger partial charge in [0.15, 0.2) is 5.41 Å². The minimum atomic E-state index is -1.31. The van der Waals surface area contributed by atoms with Gasteiger partial charge in [0.1, 0.15) is 0 Å². The Balaban J connectivity index is 2.32. The van der Waals surface area contributed by atoms with Crippen LogP contribution >= 0.6 is 0 Å². The second kappa shape index (κ2) is 9.18. The maximum atomic E-state index is 12.6. The van der Waals surface area contributed by atoms with Crippen LogP contribution in [0.25, 0.3) is 6.08 Å². The summed E-state index contributed by atoms with van der Waals surface area (Å²) in [5.74, 6) is -1.04. The molecule has 0 atom stereocenters. The van der Waals surface area contributed by atoms with Gasteiger partial charge in [-0.1, -0.05) is 54.6 Å². The van der Waals surface area contributed by atoms with Crippen LogP contribution in [0.3, 0.4) is 0 Å². The number of benzene rings is 1. The number of esters is 2. The number of rotatable bonds is 6. The predicted molar refractivity (Wildman–Crippen MR) is 102 cm³/mol. The second-order valence-corrected chi connectivity index (χ2v) is 6.22. The number of carbonyl (C=O) groups is 2. The Morgan fingerprint density at radius 1 is 0.962 bits per heavy atom. The number of hydrogen-bond acceptors (Lipinski definition) is 4. The molecule has 0 aromatic heterocycles. The van der Waals surface area contributed by atoms with Gasteiger partial charge in [-0.05, 0) is 50.3 Å². The normalized spacial score (nSPS) is 16.4. The van der Waals surface area contributed by atoms with Crippen LogP contribution in [0.5, 0.6) is 0 Å². The summed E-state index contributed by atoms with van der Waals surface area (Å²) in [4.78, 5) is 25.2. The van der Waals surface area contributed by atoms with Gasteiger partial charge in [-0.15, -0.1) is 0 Å². The van der Waals surface area contributed by atoms with E-state index in [9.17, 15) is 9.59 Å². The average Bonchev–Trinajstić information content (AvgIpc) is 2.81. The molecule has 138 valence electrons. The van der Waals surface area contributed by atoms with Gasteiger partial charge in [0.05, 0.1) is 13.2 Å². The summed E-state index contributed by atoms with van der Waals surface area (Å²) in [7, 11) is 0. The first-order chi connectivity index (χ1) is 12.5. The standard InChI is InChI=1S/C22H26O4/c1-4-25-20(23)22(21(24)26-5-2)15-13-17(3)19(14-16-22)12-11-18-9-7-6-8-10-18/h6-14H,4-5,15-16H2,1-3H3/b12-11+. The highest BCUT2D eigenvalue weighted by Crippen LogP contribution is 2.36. The van der Waals surface area contributed by atoms with Crippen molar-refractivity contribution >= 4 is 18.0 Å². The van der Waals surface area contributed by atoms with E-state index in [1.165, 1.54) is 0 Å². The Labute approximate surface area is 155 Å². The molecule has 2 rings (SSSR count). The van der Waals surface area contributed by atoms with Gasteiger partial charge in [0.25, 0.3) is 0 Å². The van der Waals surface area contributed by atoms with Crippen molar-refractivity contribution in [2.45, 2.75) is 33.6 Å². The van der Waals surface area contributed by atoms with Crippen molar-refractivity contribution in [1.29, 1.82) is 0 Å². The van der Waals surface area contributed by atoms with E-state index < -0.39 is 17.4 Å². The summed E-state index contributed by atoms with van der Waals surface area (Å²) >= 11 is 0. The van der Waals surface area contributed by atoms with E-state index in [0.717, 1.165) is 16.7 Å². The molecule has 0 heterocycles. The minimum Gasteiger partial charge on any atom is -0.465 e.